The number of carbonyl (C=O) groups is 1. The third-order valence-corrected chi connectivity index (χ3v) is 2.79. The van der Waals surface area contributed by atoms with Crippen LogP contribution >= 0.6 is 0 Å². The van der Waals surface area contributed by atoms with Crippen LogP contribution in [0.4, 0.5) is 0 Å². The predicted octanol–water partition coefficient (Wildman–Crippen LogP) is 2.40. The Hall–Kier alpha value is -2.10. The second-order valence-electron chi connectivity index (χ2n) is 4.14. The van der Waals surface area contributed by atoms with Crippen LogP contribution in [0, 0.1) is 13.8 Å². The average Bonchev–Trinajstić information content (AvgIpc) is 2.58. The van der Waals surface area contributed by atoms with E-state index in [0.717, 1.165) is 22.4 Å². The van der Waals surface area contributed by atoms with Crippen molar-refractivity contribution in [2.45, 2.75) is 13.8 Å². The topological polar surface area (TPSA) is 55.1 Å². The van der Waals surface area contributed by atoms with Crippen LogP contribution in [-0.4, -0.2) is 20.9 Å². The molecule has 1 aromatic carbocycles. The van der Waals surface area contributed by atoms with Crippen molar-refractivity contribution in [3.05, 3.63) is 41.2 Å². The molecule has 0 atom stereocenters. The molecule has 1 N–H and O–H groups in total. The first-order valence-electron chi connectivity index (χ1n) is 5.33. The van der Waals surface area contributed by atoms with Gasteiger partial charge in [0.05, 0.1) is 11.3 Å². The van der Waals surface area contributed by atoms with Crippen molar-refractivity contribution in [3.63, 3.8) is 0 Å². The molecule has 4 nitrogen and oxygen atoms in total. The second kappa shape index (κ2) is 4.05. The smallest absolute Gasteiger partial charge is 0.335 e. The van der Waals surface area contributed by atoms with Gasteiger partial charge in [0.2, 0.25) is 0 Å². The zero-order valence-electron chi connectivity index (χ0n) is 10.1. The molecule has 88 valence electrons. The Morgan fingerprint density at radius 1 is 1.29 bits per heavy atom. The van der Waals surface area contributed by atoms with E-state index in [1.54, 1.807) is 16.8 Å². The fourth-order valence-electron chi connectivity index (χ4n) is 1.91. The number of aryl methyl sites for hydroxylation is 3. The van der Waals surface area contributed by atoms with Crippen LogP contribution in [-0.2, 0) is 7.05 Å². The van der Waals surface area contributed by atoms with Gasteiger partial charge in [-0.25, -0.2) is 4.79 Å². The summed E-state index contributed by atoms with van der Waals surface area (Å²) in [5.74, 6) is -0.909. The molecule has 0 spiro atoms. The summed E-state index contributed by atoms with van der Waals surface area (Å²) in [5, 5.41) is 13.3. The zero-order valence-corrected chi connectivity index (χ0v) is 10.1. The fraction of sp³-hybridized carbons (Fsp3) is 0.231. The molecule has 0 saturated carbocycles. The lowest BCUT2D eigenvalue weighted by Gasteiger charge is -2.05. The molecular weight excluding hydrogens is 216 g/mol. The highest BCUT2D eigenvalue weighted by atomic mass is 16.4. The van der Waals surface area contributed by atoms with Gasteiger partial charge in [0.1, 0.15) is 0 Å². The van der Waals surface area contributed by atoms with Crippen molar-refractivity contribution in [1.29, 1.82) is 0 Å². The molecule has 2 rings (SSSR count). The maximum atomic E-state index is 11.0. The molecular formula is C13H14N2O2. The molecule has 0 aliphatic carbocycles. The minimum Gasteiger partial charge on any atom is -0.478 e. The summed E-state index contributed by atoms with van der Waals surface area (Å²) in [6.07, 6.45) is 1.91. The Bertz CT molecular complexity index is 585. The Morgan fingerprint density at radius 2 is 2.00 bits per heavy atom. The van der Waals surface area contributed by atoms with Crippen LogP contribution < -0.4 is 0 Å². The molecule has 1 heterocycles. The minimum absolute atomic E-state index is 0.300. The maximum Gasteiger partial charge on any atom is 0.335 e. The standard InChI is InChI=1S/C13H14N2O2/c1-8-4-5-10(13(16)17)6-11(8)12-7-15(3)14-9(12)2/h4-7H,1-3H3,(H,16,17). The summed E-state index contributed by atoms with van der Waals surface area (Å²) in [5.41, 5.74) is 4.15. The monoisotopic (exact) mass is 230 g/mol. The minimum atomic E-state index is -0.909. The molecule has 0 radical (unpaired) electrons. The fourth-order valence-corrected chi connectivity index (χ4v) is 1.91. The number of nitrogens with zero attached hydrogens (tertiary/aromatic N) is 2. The molecule has 4 heteroatoms. The highest BCUT2D eigenvalue weighted by molar-refractivity contribution is 5.90. The Balaban J connectivity index is 2.62. The van der Waals surface area contributed by atoms with Gasteiger partial charge in [-0.05, 0) is 37.1 Å². The van der Waals surface area contributed by atoms with Gasteiger partial charge in [-0.2, -0.15) is 5.10 Å². The van der Waals surface area contributed by atoms with E-state index >= 15 is 0 Å². The highest BCUT2D eigenvalue weighted by Crippen LogP contribution is 2.26. The van der Waals surface area contributed by atoms with Gasteiger partial charge >= 0.3 is 5.97 Å². The van der Waals surface area contributed by atoms with Crippen molar-refractivity contribution >= 4 is 5.97 Å². The van der Waals surface area contributed by atoms with E-state index in [1.165, 1.54) is 0 Å². The van der Waals surface area contributed by atoms with E-state index in [9.17, 15) is 4.79 Å². The van der Waals surface area contributed by atoms with E-state index in [2.05, 4.69) is 5.10 Å². The van der Waals surface area contributed by atoms with Gasteiger partial charge in [0, 0.05) is 18.8 Å². The third kappa shape index (κ3) is 2.06. The largest absolute Gasteiger partial charge is 0.478 e. The van der Waals surface area contributed by atoms with Crippen LogP contribution in [0.25, 0.3) is 11.1 Å². The maximum absolute atomic E-state index is 11.0. The van der Waals surface area contributed by atoms with Crippen LogP contribution in [0.1, 0.15) is 21.6 Å². The van der Waals surface area contributed by atoms with Crippen LogP contribution in [0.2, 0.25) is 0 Å². The van der Waals surface area contributed by atoms with Gasteiger partial charge < -0.3 is 5.11 Å². The SMILES string of the molecule is Cc1ccc(C(=O)O)cc1-c1cn(C)nc1C. The van der Waals surface area contributed by atoms with Crippen molar-refractivity contribution < 1.29 is 9.90 Å². The number of carboxylic acids is 1. The summed E-state index contributed by atoms with van der Waals surface area (Å²) in [6.45, 7) is 3.88. The summed E-state index contributed by atoms with van der Waals surface area (Å²) >= 11 is 0. The first-order valence-corrected chi connectivity index (χ1v) is 5.33. The molecule has 0 aliphatic rings. The zero-order chi connectivity index (χ0) is 12.6. The summed E-state index contributed by atoms with van der Waals surface area (Å²) in [4.78, 5) is 11.0. The predicted molar refractivity (Wildman–Crippen MR) is 65.1 cm³/mol. The number of aromatic nitrogens is 2. The van der Waals surface area contributed by atoms with E-state index in [1.807, 2.05) is 33.2 Å². The first-order chi connectivity index (χ1) is 7.99. The molecule has 0 bridgehead atoms. The van der Waals surface area contributed by atoms with Crippen molar-refractivity contribution in [1.82, 2.24) is 9.78 Å². The first kappa shape index (κ1) is 11.4. The number of carboxylic acid groups (broad SMARTS) is 1. The lowest BCUT2D eigenvalue weighted by Crippen LogP contribution is -1.97. The van der Waals surface area contributed by atoms with Gasteiger partial charge in [0.15, 0.2) is 0 Å². The molecule has 17 heavy (non-hydrogen) atoms. The molecule has 1 aromatic heterocycles. The number of hydrogen-bond donors (Lipinski definition) is 1. The van der Waals surface area contributed by atoms with Crippen molar-refractivity contribution in [2.75, 3.05) is 0 Å². The number of rotatable bonds is 2. The van der Waals surface area contributed by atoms with Gasteiger partial charge in [-0.1, -0.05) is 6.07 Å². The van der Waals surface area contributed by atoms with Gasteiger partial charge in [0.25, 0.3) is 0 Å². The summed E-state index contributed by atoms with van der Waals surface area (Å²) in [6, 6.07) is 5.14. The van der Waals surface area contributed by atoms with Crippen molar-refractivity contribution in [3.8, 4) is 11.1 Å². The normalized spacial score (nSPS) is 10.5. The van der Waals surface area contributed by atoms with Crippen molar-refractivity contribution in [2.24, 2.45) is 7.05 Å². The quantitative estimate of drug-likeness (QED) is 0.861. The van der Waals surface area contributed by atoms with Crippen LogP contribution in [0.15, 0.2) is 24.4 Å². The number of hydrogen-bond acceptors (Lipinski definition) is 2. The summed E-state index contributed by atoms with van der Waals surface area (Å²) < 4.78 is 1.73. The van der Waals surface area contributed by atoms with E-state index < -0.39 is 5.97 Å². The molecule has 0 saturated heterocycles. The van der Waals surface area contributed by atoms with Crippen LogP contribution in [0.3, 0.4) is 0 Å². The van der Waals surface area contributed by atoms with E-state index in [-0.39, 0.29) is 0 Å². The van der Waals surface area contributed by atoms with Gasteiger partial charge in [-0.3, -0.25) is 4.68 Å². The van der Waals surface area contributed by atoms with Gasteiger partial charge in [-0.15, -0.1) is 0 Å². The summed E-state index contributed by atoms with van der Waals surface area (Å²) in [7, 11) is 1.85. The van der Waals surface area contributed by atoms with E-state index in [0.29, 0.717) is 5.56 Å². The Morgan fingerprint density at radius 3 is 2.53 bits per heavy atom. The third-order valence-electron chi connectivity index (χ3n) is 2.79. The molecule has 0 unspecified atom stereocenters. The highest BCUT2D eigenvalue weighted by Gasteiger charge is 2.11. The lowest BCUT2D eigenvalue weighted by atomic mass is 9.99. The van der Waals surface area contributed by atoms with Crippen LogP contribution in [0.5, 0.6) is 0 Å². The number of benzene rings is 1. The molecule has 0 aliphatic heterocycles. The molecule has 0 amide bonds. The Labute approximate surface area is 99.5 Å². The van der Waals surface area contributed by atoms with E-state index in [4.69, 9.17) is 5.11 Å². The molecule has 0 fully saturated rings. The molecule has 2 aromatic rings. The number of aromatic carboxylic acids is 1. The second-order valence-corrected chi connectivity index (χ2v) is 4.14. The Kier molecular flexibility index (Phi) is 2.71. The average molecular weight is 230 g/mol. The lowest BCUT2D eigenvalue weighted by molar-refractivity contribution is 0.0697.